The Morgan fingerprint density at radius 1 is 0.731 bits per heavy atom. The van der Waals surface area contributed by atoms with Crippen LogP contribution in [-0.4, -0.2) is 97.5 Å². The van der Waals surface area contributed by atoms with E-state index in [2.05, 4.69) is 42.3 Å². The van der Waals surface area contributed by atoms with Gasteiger partial charge in [-0.2, -0.15) is 8.42 Å². The summed E-state index contributed by atoms with van der Waals surface area (Å²) < 4.78 is 58.6. The average Bonchev–Trinajstić information content (AvgIpc) is 3.11. The molecule has 306 valence electrons. The van der Waals surface area contributed by atoms with E-state index in [0.29, 0.717) is 13.0 Å². The van der Waals surface area contributed by atoms with Crippen LogP contribution in [0.4, 0.5) is 0 Å². The van der Waals surface area contributed by atoms with Crippen LogP contribution in [0.2, 0.25) is 0 Å². The number of unbranched alkanes of at least 4 members (excludes halogenated alkanes) is 17. The molecule has 0 spiro atoms. The summed E-state index contributed by atoms with van der Waals surface area (Å²) in [6.45, 7) is 3.89. The van der Waals surface area contributed by atoms with Crippen LogP contribution in [0.15, 0.2) is 24.3 Å². The fraction of sp³-hybridized carbons (Fsp3) is 0.872. The van der Waals surface area contributed by atoms with Crippen LogP contribution < -0.4 is 0 Å². The van der Waals surface area contributed by atoms with E-state index < -0.39 is 59.8 Å². The molecule has 13 heteroatoms. The molecule has 1 aliphatic rings. The molecule has 0 radical (unpaired) electrons. The summed E-state index contributed by atoms with van der Waals surface area (Å²) >= 11 is 0. The molecule has 52 heavy (non-hydrogen) atoms. The van der Waals surface area contributed by atoms with Gasteiger partial charge in [-0.15, -0.1) is 0 Å². The molecule has 0 bridgehead atoms. The van der Waals surface area contributed by atoms with Gasteiger partial charge in [0, 0.05) is 13.0 Å². The lowest BCUT2D eigenvalue weighted by Gasteiger charge is -2.41. The van der Waals surface area contributed by atoms with Crippen molar-refractivity contribution in [2.75, 3.05) is 26.4 Å². The third kappa shape index (κ3) is 25.6. The number of aliphatic hydroxyl groups excluding tert-OH is 3. The molecular weight excluding hydrogens is 692 g/mol. The molecule has 1 fully saturated rings. The number of hydrogen-bond acceptors (Lipinski definition) is 11. The van der Waals surface area contributed by atoms with Crippen LogP contribution in [0.3, 0.4) is 0 Å². The number of esters is 1. The Kier molecular flexibility index (Phi) is 29.8. The van der Waals surface area contributed by atoms with Crippen molar-refractivity contribution in [3.63, 3.8) is 0 Å². The Labute approximate surface area is 314 Å². The molecule has 0 aromatic rings. The van der Waals surface area contributed by atoms with Crippen molar-refractivity contribution in [1.29, 1.82) is 0 Å². The van der Waals surface area contributed by atoms with Crippen LogP contribution >= 0.6 is 0 Å². The zero-order valence-electron chi connectivity index (χ0n) is 32.1. The van der Waals surface area contributed by atoms with Gasteiger partial charge in [-0.25, -0.2) is 4.18 Å². The number of allylic oxidation sites excluding steroid dienone is 4. The van der Waals surface area contributed by atoms with Gasteiger partial charge in [0.2, 0.25) is 0 Å². The second kappa shape index (κ2) is 31.9. The third-order valence-electron chi connectivity index (χ3n) is 9.08. The first-order valence-electron chi connectivity index (χ1n) is 20.1. The van der Waals surface area contributed by atoms with Crippen LogP contribution in [0.5, 0.6) is 0 Å². The predicted octanol–water partition coefficient (Wildman–Crippen LogP) is 7.29. The Morgan fingerprint density at radius 2 is 1.27 bits per heavy atom. The minimum Gasteiger partial charge on any atom is -0.457 e. The summed E-state index contributed by atoms with van der Waals surface area (Å²) in [6, 6.07) is 0. The normalized spacial score (nSPS) is 21.7. The predicted molar refractivity (Wildman–Crippen MR) is 202 cm³/mol. The summed E-state index contributed by atoms with van der Waals surface area (Å²) in [4.78, 5) is 12.7. The van der Waals surface area contributed by atoms with Gasteiger partial charge in [-0.3, -0.25) is 9.35 Å². The Bertz CT molecular complexity index is 1020. The molecular formula is C39H72O12S. The fourth-order valence-electron chi connectivity index (χ4n) is 6.00. The number of rotatable bonds is 34. The molecule has 0 aliphatic carbocycles. The molecule has 1 rings (SSSR count). The van der Waals surface area contributed by atoms with E-state index >= 15 is 0 Å². The van der Waals surface area contributed by atoms with Crippen molar-refractivity contribution < 1.29 is 56.2 Å². The molecule has 1 aliphatic heterocycles. The number of carbonyl (C=O) groups is 1. The van der Waals surface area contributed by atoms with Gasteiger partial charge < -0.3 is 34.3 Å². The maximum atomic E-state index is 12.7. The minimum absolute atomic E-state index is 0.0351. The Balaban J connectivity index is 2.38. The lowest BCUT2D eigenvalue weighted by Crippen LogP contribution is -2.60. The van der Waals surface area contributed by atoms with Crippen molar-refractivity contribution in [3.8, 4) is 0 Å². The first-order valence-corrected chi connectivity index (χ1v) is 21.5. The number of aliphatic hydroxyl groups is 3. The number of ether oxygens (including phenoxy) is 4. The SMILES string of the molecule is CCCCC/C=C\C/C=C\CCCCCCCCCCCC(=O)OC(COCCCCCCCC)COC1OC(CO)C(O)C(OS(=O)(=O)O)C1O. The highest BCUT2D eigenvalue weighted by Crippen LogP contribution is 2.26. The molecule has 12 nitrogen and oxygen atoms in total. The molecule has 1 heterocycles. The summed E-state index contributed by atoms with van der Waals surface area (Å²) in [5.41, 5.74) is 0. The van der Waals surface area contributed by atoms with Crippen LogP contribution in [-0.2, 0) is 38.3 Å². The summed E-state index contributed by atoms with van der Waals surface area (Å²) in [7, 11) is -5.05. The molecule has 4 N–H and O–H groups in total. The van der Waals surface area contributed by atoms with E-state index in [9.17, 15) is 28.5 Å². The van der Waals surface area contributed by atoms with Gasteiger partial charge in [-0.1, -0.05) is 128 Å². The lowest BCUT2D eigenvalue weighted by atomic mass is 9.99. The van der Waals surface area contributed by atoms with E-state index in [-0.39, 0.29) is 19.6 Å². The van der Waals surface area contributed by atoms with E-state index in [1.165, 1.54) is 77.0 Å². The third-order valence-corrected chi connectivity index (χ3v) is 9.54. The molecule has 6 unspecified atom stereocenters. The van der Waals surface area contributed by atoms with Crippen LogP contribution in [0.25, 0.3) is 0 Å². The van der Waals surface area contributed by atoms with Gasteiger partial charge in [0.25, 0.3) is 0 Å². The van der Waals surface area contributed by atoms with Crippen molar-refractivity contribution in [2.45, 2.75) is 192 Å². The summed E-state index contributed by atoms with van der Waals surface area (Å²) in [5.74, 6) is -0.407. The number of carbonyl (C=O) groups excluding carboxylic acids is 1. The van der Waals surface area contributed by atoms with Gasteiger partial charge in [-0.05, 0) is 44.9 Å². The van der Waals surface area contributed by atoms with Crippen LogP contribution in [0, 0.1) is 0 Å². The van der Waals surface area contributed by atoms with E-state index in [4.69, 9.17) is 23.5 Å². The molecule has 0 saturated carbocycles. The van der Waals surface area contributed by atoms with E-state index in [1.54, 1.807) is 0 Å². The average molecular weight is 765 g/mol. The van der Waals surface area contributed by atoms with Gasteiger partial charge >= 0.3 is 16.4 Å². The standard InChI is InChI=1S/C39H72O12S/c1-3-5-7-9-11-12-13-14-15-16-17-18-19-20-21-22-23-24-26-28-35(41)49-33(31-47-29-27-25-10-8-6-4-2)32-48-39-37(43)38(51-52(44,45)46)36(42)34(30-40)50-39/h11-12,14-15,33-34,36-40,42-43H,3-10,13,16-32H2,1-2H3,(H,44,45,46)/b12-11-,15-14-. The van der Waals surface area contributed by atoms with E-state index in [1.807, 2.05) is 0 Å². The van der Waals surface area contributed by atoms with E-state index in [0.717, 1.165) is 51.4 Å². The van der Waals surface area contributed by atoms with Gasteiger partial charge in [0.05, 0.1) is 19.8 Å². The highest BCUT2D eigenvalue weighted by atomic mass is 32.3. The Morgan fingerprint density at radius 3 is 1.87 bits per heavy atom. The number of hydrogen-bond donors (Lipinski definition) is 4. The smallest absolute Gasteiger partial charge is 0.397 e. The Hall–Kier alpha value is -1.42. The second-order valence-electron chi connectivity index (χ2n) is 13.9. The fourth-order valence-corrected chi connectivity index (χ4v) is 6.50. The minimum atomic E-state index is -5.05. The van der Waals surface area contributed by atoms with Crippen molar-refractivity contribution >= 4 is 16.4 Å². The lowest BCUT2D eigenvalue weighted by molar-refractivity contribution is -0.301. The largest absolute Gasteiger partial charge is 0.457 e. The summed E-state index contributed by atoms with van der Waals surface area (Å²) in [6.07, 6.45) is 23.9. The highest BCUT2D eigenvalue weighted by Gasteiger charge is 2.48. The maximum Gasteiger partial charge on any atom is 0.397 e. The maximum absolute atomic E-state index is 12.7. The first kappa shape index (κ1) is 48.6. The van der Waals surface area contributed by atoms with Crippen molar-refractivity contribution in [2.24, 2.45) is 0 Å². The zero-order valence-corrected chi connectivity index (χ0v) is 32.9. The van der Waals surface area contributed by atoms with Gasteiger partial charge in [0.15, 0.2) is 6.29 Å². The second-order valence-corrected chi connectivity index (χ2v) is 14.9. The van der Waals surface area contributed by atoms with Gasteiger partial charge in [0.1, 0.15) is 30.5 Å². The van der Waals surface area contributed by atoms with Crippen molar-refractivity contribution in [1.82, 2.24) is 0 Å². The highest BCUT2D eigenvalue weighted by molar-refractivity contribution is 7.80. The monoisotopic (exact) mass is 764 g/mol. The quantitative estimate of drug-likeness (QED) is 0.0223. The first-order chi connectivity index (χ1) is 25.1. The molecule has 0 amide bonds. The van der Waals surface area contributed by atoms with Crippen molar-refractivity contribution in [3.05, 3.63) is 24.3 Å². The molecule has 0 aromatic heterocycles. The zero-order chi connectivity index (χ0) is 38.3. The molecule has 6 atom stereocenters. The summed E-state index contributed by atoms with van der Waals surface area (Å²) in [5, 5.41) is 30.4. The topological polar surface area (TPSA) is 178 Å². The molecule has 1 saturated heterocycles. The molecule has 0 aromatic carbocycles. The van der Waals surface area contributed by atoms with Crippen LogP contribution in [0.1, 0.15) is 155 Å².